The number of hydrogen-bond donors (Lipinski definition) is 1. The summed E-state index contributed by atoms with van der Waals surface area (Å²) in [4.78, 5) is 11.9. The Morgan fingerprint density at radius 1 is 1.11 bits per heavy atom. The molecule has 1 aromatic carbocycles. The molecule has 27 heavy (non-hydrogen) atoms. The van der Waals surface area contributed by atoms with Gasteiger partial charge >= 0.3 is 0 Å². The van der Waals surface area contributed by atoms with Gasteiger partial charge in [-0.1, -0.05) is 17.7 Å². The topological polar surface area (TPSA) is 86.5 Å². The molecule has 0 fully saturated rings. The van der Waals surface area contributed by atoms with E-state index in [-0.39, 0.29) is 19.1 Å². The van der Waals surface area contributed by atoms with Crippen LogP contribution < -0.4 is 14.8 Å². The molecule has 0 bridgehead atoms. The molecule has 2 aromatic heterocycles. The molecule has 140 valence electrons. The summed E-state index contributed by atoms with van der Waals surface area (Å²) < 4.78 is 16.2. The molecule has 1 amide bonds. The van der Waals surface area contributed by atoms with Crippen molar-refractivity contribution in [2.24, 2.45) is 0 Å². The summed E-state index contributed by atoms with van der Waals surface area (Å²) >= 11 is 0. The minimum atomic E-state index is -0.210. The Morgan fingerprint density at radius 3 is 2.70 bits per heavy atom. The number of ether oxygens (including phenoxy) is 2. The highest BCUT2D eigenvalue weighted by atomic mass is 16.5. The van der Waals surface area contributed by atoms with E-state index in [0.29, 0.717) is 29.6 Å². The second-order valence-corrected chi connectivity index (χ2v) is 5.99. The minimum absolute atomic E-state index is 0.0401. The highest BCUT2D eigenvalue weighted by Crippen LogP contribution is 2.19. The first-order valence-corrected chi connectivity index (χ1v) is 8.59. The average Bonchev–Trinajstić information content (AvgIpc) is 3.20. The maximum Gasteiger partial charge on any atom is 0.258 e. The van der Waals surface area contributed by atoms with Crippen LogP contribution in [-0.4, -0.2) is 35.9 Å². The van der Waals surface area contributed by atoms with Crippen molar-refractivity contribution >= 4 is 5.91 Å². The number of rotatable bonds is 8. The number of amides is 1. The van der Waals surface area contributed by atoms with Gasteiger partial charge in [-0.05, 0) is 43.7 Å². The highest BCUT2D eigenvalue weighted by Gasteiger charge is 2.06. The van der Waals surface area contributed by atoms with Crippen LogP contribution in [0.3, 0.4) is 0 Å². The Hall–Kier alpha value is -3.35. The van der Waals surface area contributed by atoms with Crippen molar-refractivity contribution in [2.45, 2.75) is 13.8 Å². The van der Waals surface area contributed by atoms with Crippen molar-refractivity contribution < 1.29 is 18.7 Å². The third-order valence-electron chi connectivity index (χ3n) is 3.78. The van der Waals surface area contributed by atoms with Crippen LogP contribution in [0.2, 0.25) is 0 Å². The van der Waals surface area contributed by atoms with Crippen LogP contribution in [-0.2, 0) is 4.79 Å². The molecule has 3 aromatic rings. The minimum Gasteiger partial charge on any atom is -0.484 e. The van der Waals surface area contributed by atoms with Gasteiger partial charge < -0.3 is 19.2 Å². The first-order chi connectivity index (χ1) is 13.1. The fraction of sp³-hybridized carbons (Fsp3) is 0.250. The van der Waals surface area contributed by atoms with Crippen LogP contribution in [0.1, 0.15) is 11.1 Å². The molecule has 0 spiro atoms. The molecule has 0 atom stereocenters. The first kappa shape index (κ1) is 18.4. The number of nitrogens with one attached hydrogen (secondary N) is 1. The number of furan rings is 1. The van der Waals surface area contributed by atoms with Crippen molar-refractivity contribution in [3.63, 3.8) is 0 Å². The molecule has 2 heterocycles. The number of benzene rings is 1. The Balaban J connectivity index is 1.36. The van der Waals surface area contributed by atoms with E-state index in [4.69, 9.17) is 13.9 Å². The molecule has 0 radical (unpaired) electrons. The van der Waals surface area contributed by atoms with Gasteiger partial charge in [0.25, 0.3) is 5.91 Å². The zero-order chi connectivity index (χ0) is 19.1. The van der Waals surface area contributed by atoms with E-state index in [1.54, 1.807) is 30.5 Å². The molecule has 1 N–H and O–H groups in total. The normalized spacial score (nSPS) is 10.4. The standard InChI is InChI=1S/C20H21N3O4/c1-14-5-7-17(15(2)12-14)27-13-19(24)21-9-11-26-20-8-6-16(22-23-20)18-4-3-10-25-18/h3-8,10,12H,9,11,13H2,1-2H3,(H,21,24). The van der Waals surface area contributed by atoms with Crippen molar-refractivity contribution in [3.8, 4) is 23.1 Å². The molecular weight excluding hydrogens is 346 g/mol. The summed E-state index contributed by atoms with van der Waals surface area (Å²) in [5.41, 5.74) is 2.79. The van der Waals surface area contributed by atoms with Gasteiger partial charge in [0.2, 0.25) is 5.88 Å². The van der Waals surface area contributed by atoms with E-state index in [9.17, 15) is 4.79 Å². The van der Waals surface area contributed by atoms with Crippen LogP contribution >= 0.6 is 0 Å². The number of hydrogen-bond acceptors (Lipinski definition) is 6. The molecule has 0 unspecified atom stereocenters. The third-order valence-corrected chi connectivity index (χ3v) is 3.78. The van der Waals surface area contributed by atoms with Gasteiger partial charge in [-0.3, -0.25) is 4.79 Å². The molecule has 0 saturated carbocycles. The average molecular weight is 367 g/mol. The summed E-state index contributed by atoms with van der Waals surface area (Å²) in [6, 6.07) is 12.9. The lowest BCUT2D eigenvalue weighted by atomic mass is 10.1. The number of carbonyl (C=O) groups excluding carboxylic acids is 1. The Bertz CT molecular complexity index is 877. The van der Waals surface area contributed by atoms with Gasteiger partial charge in [0.15, 0.2) is 12.4 Å². The molecule has 0 aliphatic carbocycles. The molecule has 7 heteroatoms. The molecule has 0 aliphatic rings. The monoisotopic (exact) mass is 367 g/mol. The summed E-state index contributed by atoms with van der Waals surface area (Å²) in [5.74, 6) is 1.52. The second-order valence-electron chi connectivity index (χ2n) is 5.99. The van der Waals surface area contributed by atoms with Crippen molar-refractivity contribution in [3.05, 3.63) is 59.9 Å². The van der Waals surface area contributed by atoms with E-state index in [1.165, 1.54) is 0 Å². The first-order valence-electron chi connectivity index (χ1n) is 8.59. The maximum atomic E-state index is 11.9. The zero-order valence-electron chi connectivity index (χ0n) is 15.3. The SMILES string of the molecule is Cc1ccc(OCC(=O)NCCOc2ccc(-c3ccco3)nn2)c(C)c1. The van der Waals surface area contributed by atoms with E-state index in [2.05, 4.69) is 15.5 Å². The maximum absolute atomic E-state index is 11.9. The molecular formula is C20H21N3O4. The van der Waals surface area contributed by atoms with Gasteiger partial charge in [-0.15, -0.1) is 10.2 Å². The Kier molecular flexibility index (Phi) is 6.04. The lowest BCUT2D eigenvalue weighted by Crippen LogP contribution is -2.32. The van der Waals surface area contributed by atoms with Crippen molar-refractivity contribution in [2.75, 3.05) is 19.8 Å². The van der Waals surface area contributed by atoms with Crippen LogP contribution in [0.5, 0.6) is 11.6 Å². The number of aryl methyl sites for hydroxylation is 2. The number of nitrogens with zero attached hydrogens (tertiary/aromatic N) is 2. The lowest BCUT2D eigenvalue weighted by Gasteiger charge is -2.10. The lowest BCUT2D eigenvalue weighted by molar-refractivity contribution is -0.123. The molecule has 3 rings (SSSR count). The second kappa shape index (κ2) is 8.84. The van der Waals surface area contributed by atoms with Crippen LogP contribution in [0.25, 0.3) is 11.5 Å². The molecule has 0 saturated heterocycles. The van der Waals surface area contributed by atoms with Crippen LogP contribution in [0.4, 0.5) is 0 Å². The number of carbonyl (C=O) groups is 1. The van der Waals surface area contributed by atoms with Gasteiger partial charge in [-0.25, -0.2) is 0 Å². The largest absolute Gasteiger partial charge is 0.484 e. The molecule has 0 aliphatic heterocycles. The van der Waals surface area contributed by atoms with Gasteiger partial charge in [0.05, 0.1) is 12.8 Å². The van der Waals surface area contributed by atoms with Gasteiger partial charge in [0, 0.05) is 6.07 Å². The van der Waals surface area contributed by atoms with Crippen LogP contribution in [0.15, 0.2) is 53.1 Å². The summed E-state index contributed by atoms with van der Waals surface area (Å²) in [5, 5.41) is 10.7. The summed E-state index contributed by atoms with van der Waals surface area (Å²) in [6.45, 7) is 4.55. The fourth-order valence-electron chi connectivity index (χ4n) is 2.45. The molecule has 7 nitrogen and oxygen atoms in total. The highest BCUT2D eigenvalue weighted by molar-refractivity contribution is 5.77. The van der Waals surface area contributed by atoms with Crippen molar-refractivity contribution in [1.82, 2.24) is 15.5 Å². The van der Waals surface area contributed by atoms with E-state index >= 15 is 0 Å². The Labute approximate surface area is 157 Å². The van der Waals surface area contributed by atoms with E-state index in [0.717, 1.165) is 11.1 Å². The fourth-order valence-corrected chi connectivity index (χ4v) is 2.45. The van der Waals surface area contributed by atoms with Gasteiger partial charge in [-0.2, -0.15) is 0 Å². The summed E-state index contributed by atoms with van der Waals surface area (Å²) in [7, 11) is 0. The predicted molar refractivity (Wildman–Crippen MR) is 99.6 cm³/mol. The van der Waals surface area contributed by atoms with Crippen molar-refractivity contribution in [1.29, 1.82) is 0 Å². The quantitative estimate of drug-likeness (QED) is 0.616. The number of aromatic nitrogens is 2. The van der Waals surface area contributed by atoms with E-state index < -0.39 is 0 Å². The predicted octanol–water partition coefficient (Wildman–Crippen LogP) is 2.93. The van der Waals surface area contributed by atoms with Crippen LogP contribution in [0, 0.1) is 13.8 Å². The Morgan fingerprint density at radius 2 is 2.00 bits per heavy atom. The third kappa shape index (κ3) is 5.31. The van der Waals surface area contributed by atoms with Gasteiger partial charge in [0.1, 0.15) is 18.1 Å². The smallest absolute Gasteiger partial charge is 0.258 e. The zero-order valence-corrected chi connectivity index (χ0v) is 15.3. The van der Waals surface area contributed by atoms with E-state index in [1.807, 2.05) is 32.0 Å². The summed E-state index contributed by atoms with van der Waals surface area (Å²) in [6.07, 6.45) is 1.58.